The molecule has 0 saturated carbocycles. The highest BCUT2D eigenvalue weighted by molar-refractivity contribution is 5.25. The molecule has 0 fully saturated rings. The number of aryl methyl sites for hydroxylation is 1. The number of aromatic nitrogens is 3. The Labute approximate surface area is 154 Å². The standard InChI is InChI=1S/C20H39N5/c1-2-3-4-5-6-7-8-9-10-11-12-13-14-15-16-17-18-25-20(22)23-19(21)24-25/h9-10H,2-8,11-18H2,1H3,(H4,21,22,23,24)/b10-9-. The van der Waals surface area contributed by atoms with Crippen LogP contribution in [0.25, 0.3) is 0 Å². The van der Waals surface area contributed by atoms with Crippen molar-refractivity contribution in [3.63, 3.8) is 0 Å². The maximum Gasteiger partial charge on any atom is 0.241 e. The fraction of sp³-hybridized carbons (Fsp3) is 0.800. The molecule has 1 rings (SSSR count). The molecule has 0 aliphatic rings. The van der Waals surface area contributed by atoms with Crippen molar-refractivity contribution in [3.8, 4) is 0 Å². The lowest BCUT2D eigenvalue weighted by atomic mass is 10.1. The van der Waals surface area contributed by atoms with Crippen molar-refractivity contribution in [2.75, 3.05) is 11.5 Å². The Morgan fingerprint density at radius 2 is 1.28 bits per heavy atom. The van der Waals surface area contributed by atoms with Crippen LogP contribution >= 0.6 is 0 Å². The third-order valence-electron chi connectivity index (χ3n) is 4.60. The van der Waals surface area contributed by atoms with Crippen molar-refractivity contribution in [3.05, 3.63) is 12.2 Å². The average molecular weight is 350 g/mol. The second kappa shape index (κ2) is 14.8. The van der Waals surface area contributed by atoms with E-state index in [2.05, 4.69) is 29.2 Å². The molecular weight excluding hydrogens is 310 g/mol. The number of hydrogen-bond donors (Lipinski definition) is 2. The maximum absolute atomic E-state index is 5.71. The van der Waals surface area contributed by atoms with Crippen molar-refractivity contribution in [2.45, 2.75) is 103 Å². The highest BCUT2D eigenvalue weighted by Crippen LogP contribution is 2.11. The van der Waals surface area contributed by atoms with Crippen LogP contribution in [0, 0.1) is 0 Å². The van der Waals surface area contributed by atoms with E-state index < -0.39 is 0 Å². The molecule has 0 bridgehead atoms. The van der Waals surface area contributed by atoms with Crippen molar-refractivity contribution in [1.82, 2.24) is 14.8 Å². The number of nitrogen functional groups attached to an aromatic ring is 2. The first-order valence-corrected chi connectivity index (χ1v) is 10.3. The Bertz CT molecular complexity index is 453. The summed E-state index contributed by atoms with van der Waals surface area (Å²) in [4.78, 5) is 3.90. The van der Waals surface area contributed by atoms with Gasteiger partial charge in [-0.3, -0.25) is 0 Å². The van der Waals surface area contributed by atoms with Crippen LogP contribution < -0.4 is 11.5 Å². The van der Waals surface area contributed by atoms with E-state index in [9.17, 15) is 0 Å². The molecule has 0 atom stereocenters. The van der Waals surface area contributed by atoms with Gasteiger partial charge in [0.05, 0.1) is 0 Å². The van der Waals surface area contributed by atoms with Crippen LogP contribution in [0.5, 0.6) is 0 Å². The third-order valence-corrected chi connectivity index (χ3v) is 4.60. The summed E-state index contributed by atoms with van der Waals surface area (Å²) >= 11 is 0. The van der Waals surface area contributed by atoms with E-state index in [4.69, 9.17) is 11.5 Å². The van der Waals surface area contributed by atoms with E-state index in [0.717, 1.165) is 13.0 Å². The molecule has 144 valence electrons. The molecule has 25 heavy (non-hydrogen) atoms. The van der Waals surface area contributed by atoms with Crippen LogP contribution in [-0.2, 0) is 6.54 Å². The largest absolute Gasteiger partial charge is 0.368 e. The fourth-order valence-corrected chi connectivity index (χ4v) is 3.05. The Morgan fingerprint density at radius 3 is 1.80 bits per heavy atom. The molecule has 1 aromatic heterocycles. The zero-order valence-corrected chi connectivity index (χ0v) is 16.3. The van der Waals surface area contributed by atoms with Crippen LogP contribution in [0.1, 0.15) is 96.8 Å². The van der Waals surface area contributed by atoms with E-state index in [1.165, 1.54) is 83.5 Å². The highest BCUT2D eigenvalue weighted by Gasteiger charge is 2.02. The second-order valence-electron chi connectivity index (χ2n) is 6.99. The molecule has 0 radical (unpaired) electrons. The molecule has 5 nitrogen and oxygen atoms in total. The van der Waals surface area contributed by atoms with Gasteiger partial charge in [0, 0.05) is 6.54 Å². The molecule has 1 aromatic rings. The van der Waals surface area contributed by atoms with E-state index in [1.54, 1.807) is 4.68 Å². The van der Waals surface area contributed by atoms with Gasteiger partial charge in [-0.2, -0.15) is 4.98 Å². The normalized spacial score (nSPS) is 11.6. The predicted octanol–water partition coefficient (Wildman–Crippen LogP) is 5.48. The van der Waals surface area contributed by atoms with Gasteiger partial charge in [0.2, 0.25) is 11.9 Å². The summed E-state index contributed by atoms with van der Waals surface area (Å²) in [6.45, 7) is 3.09. The number of allylic oxidation sites excluding steroid dienone is 2. The molecule has 0 spiro atoms. The molecule has 0 aliphatic heterocycles. The maximum atomic E-state index is 5.71. The minimum absolute atomic E-state index is 0.266. The Hall–Kier alpha value is -1.52. The molecule has 0 aliphatic carbocycles. The minimum Gasteiger partial charge on any atom is -0.368 e. The van der Waals surface area contributed by atoms with E-state index in [0.29, 0.717) is 5.95 Å². The number of anilines is 2. The van der Waals surface area contributed by atoms with E-state index in [1.807, 2.05) is 0 Å². The number of nitrogens with zero attached hydrogens (tertiary/aromatic N) is 3. The van der Waals surface area contributed by atoms with Gasteiger partial charge in [-0.1, -0.05) is 76.9 Å². The lowest BCUT2D eigenvalue weighted by Crippen LogP contribution is -2.05. The molecule has 0 aromatic carbocycles. The SMILES string of the molecule is CCCCCCCC/C=C\CCCCCCCCn1nc(N)nc1N. The average Bonchev–Trinajstić information content (AvgIpc) is 2.92. The highest BCUT2D eigenvalue weighted by atomic mass is 15.4. The summed E-state index contributed by atoms with van der Waals surface area (Å²) in [5.74, 6) is 0.687. The minimum atomic E-state index is 0.266. The van der Waals surface area contributed by atoms with Crippen LogP contribution in [0.4, 0.5) is 11.9 Å². The zero-order valence-electron chi connectivity index (χ0n) is 16.3. The smallest absolute Gasteiger partial charge is 0.241 e. The van der Waals surface area contributed by atoms with Gasteiger partial charge < -0.3 is 11.5 Å². The molecule has 0 unspecified atom stereocenters. The Morgan fingerprint density at radius 1 is 0.760 bits per heavy atom. The molecule has 5 heteroatoms. The predicted molar refractivity (Wildman–Crippen MR) is 108 cm³/mol. The first-order chi connectivity index (χ1) is 12.2. The lowest BCUT2D eigenvalue weighted by Gasteiger charge is -2.03. The fourth-order valence-electron chi connectivity index (χ4n) is 3.05. The monoisotopic (exact) mass is 349 g/mol. The number of hydrogen-bond acceptors (Lipinski definition) is 4. The lowest BCUT2D eigenvalue weighted by molar-refractivity contribution is 0.529. The Kier molecular flexibility index (Phi) is 12.7. The van der Waals surface area contributed by atoms with Gasteiger partial charge in [0.15, 0.2) is 0 Å². The van der Waals surface area contributed by atoms with Gasteiger partial charge in [-0.05, 0) is 32.1 Å². The van der Waals surface area contributed by atoms with Gasteiger partial charge in [0.25, 0.3) is 0 Å². The van der Waals surface area contributed by atoms with Gasteiger partial charge in [-0.15, -0.1) is 5.10 Å². The molecule has 1 heterocycles. The van der Waals surface area contributed by atoms with Gasteiger partial charge in [0.1, 0.15) is 0 Å². The Balaban J connectivity index is 1.81. The molecule has 0 saturated heterocycles. The third kappa shape index (κ3) is 11.6. The van der Waals surface area contributed by atoms with Crippen molar-refractivity contribution >= 4 is 11.9 Å². The summed E-state index contributed by atoms with van der Waals surface area (Å²) in [7, 11) is 0. The van der Waals surface area contributed by atoms with Crippen molar-refractivity contribution in [1.29, 1.82) is 0 Å². The van der Waals surface area contributed by atoms with Crippen molar-refractivity contribution in [2.24, 2.45) is 0 Å². The van der Waals surface area contributed by atoms with Crippen LogP contribution in [-0.4, -0.2) is 14.8 Å². The molecular formula is C20H39N5. The summed E-state index contributed by atoms with van der Waals surface area (Å²) in [6, 6.07) is 0. The number of nitrogens with two attached hydrogens (primary N) is 2. The van der Waals surface area contributed by atoms with Crippen LogP contribution in [0.15, 0.2) is 12.2 Å². The van der Waals surface area contributed by atoms with E-state index >= 15 is 0 Å². The second-order valence-corrected chi connectivity index (χ2v) is 6.99. The first kappa shape index (κ1) is 21.5. The molecule has 0 amide bonds. The summed E-state index contributed by atoms with van der Waals surface area (Å²) in [5.41, 5.74) is 11.2. The molecule has 4 N–H and O–H groups in total. The van der Waals surface area contributed by atoms with E-state index in [-0.39, 0.29) is 5.95 Å². The van der Waals surface area contributed by atoms with Crippen LogP contribution in [0.2, 0.25) is 0 Å². The summed E-state index contributed by atoms with van der Waals surface area (Å²) in [6.07, 6.45) is 23.2. The number of rotatable bonds is 16. The van der Waals surface area contributed by atoms with Gasteiger partial charge >= 0.3 is 0 Å². The zero-order chi connectivity index (χ0) is 18.2. The van der Waals surface area contributed by atoms with Crippen LogP contribution in [0.3, 0.4) is 0 Å². The summed E-state index contributed by atoms with van der Waals surface area (Å²) in [5, 5.41) is 4.07. The summed E-state index contributed by atoms with van der Waals surface area (Å²) < 4.78 is 1.70. The number of unbranched alkanes of at least 4 members (excludes halogenated alkanes) is 12. The quantitative estimate of drug-likeness (QED) is 0.306. The van der Waals surface area contributed by atoms with Gasteiger partial charge in [-0.25, -0.2) is 4.68 Å². The first-order valence-electron chi connectivity index (χ1n) is 10.3. The van der Waals surface area contributed by atoms with Crippen molar-refractivity contribution < 1.29 is 0 Å². The topological polar surface area (TPSA) is 82.8 Å².